The fourth-order valence-electron chi connectivity index (χ4n) is 3.59. The van der Waals surface area contributed by atoms with Gasteiger partial charge in [0.1, 0.15) is 5.75 Å². The van der Waals surface area contributed by atoms with Gasteiger partial charge in [-0.3, -0.25) is 9.69 Å². The van der Waals surface area contributed by atoms with E-state index in [9.17, 15) is 4.79 Å². The van der Waals surface area contributed by atoms with E-state index in [1.165, 1.54) is 12.5 Å². The van der Waals surface area contributed by atoms with Crippen molar-refractivity contribution in [1.82, 2.24) is 4.90 Å². The van der Waals surface area contributed by atoms with E-state index in [0.717, 1.165) is 18.5 Å². The molecule has 26 heavy (non-hydrogen) atoms. The quantitative estimate of drug-likeness (QED) is 0.479. The van der Waals surface area contributed by atoms with Gasteiger partial charge in [-0.05, 0) is 52.3 Å². The number of carbonyl (C=O) groups is 1. The van der Waals surface area contributed by atoms with Crippen molar-refractivity contribution < 1.29 is 9.53 Å². The first-order chi connectivity index (χ1) is 12.4. The van der Waals surface area contributed by atoms with E-state index in [0.29, 0.717) is 17.8 Å². The Bertz CT molecular complexity index is 686. The van der Waals surface area contributed by atoms with Gasteiger partial charge in [0, 0.05) is 30.5 Å². The van der Waals surface area contributed by atoms with Crippen LogP contribution in [0.3, 0.4) is 0 Å². The van der Waals surface area contributed by atoms with Crippen molar-refractivity contribution in [1.29, 1.82) is 0 Å². The average Bonchev–Trinajstić information content (AvgIpc) is 2.59. The monoisotopic (exact) mass is 353 g/mol. The van der Waals surface area contributed by atoms with E-state index in [-0.39, 0.29) is 11.9 Å². The van der Waals surface area contributed by atoms with Gasteiger partial charge in [0.2, 0.25) is 0 Å². The summed E-state index contributed by atoms with van der Waals surface area (Å²) in [5.74, 6) is 0.566. The number of carbonyl (C=O) groups excluding carboxylic acids is 1. The fourth-order valence-corrected chi connectivity index (χ4v) is 3.59. The summed E-state index contributed by atoms with van der Waals surface area (Å²) in [5, 5.41) is 0. The maximum Gasteiger partial charge on any atom is 0.308 e. The summed E-state index contributed by atoms with van der Waals surface area (Å²) in [6, 6.07) is 19.4. The highest BCUT2D eigenvalue weighted by molar-refractivity contribution is 5.70. The van der Waals surface area contributed by atoms with E-state index in [1.54, 1.807) is 0 Å². The number of esters is 1. The largest absolute Gasteiger partial charge is 0.426 e. The van der Waals surface area contributed by atoms with Gasteiger partial charge in [0.05, 0.1) is 0 Å². The lowest BCUT2D eigenvalue weighted by Gasteiger charge is -2.32. The molecule has 2 rings (SSSR count). The van der Waals surface area contributed by atoms with Crippen molar-refractivity contribution >= 4 is 5.97 Å². The molecule has 0 aliphatic rings. The van der Waals surface area contributed by atoms with E-state index in [2.05, 4.69) is 62.9 Å². The van der Waals surface area contributed by atoms with Crippen LogP contribution in [0.1, 0.15) is 58.1 Å². The molecule has 0 fully saturated rings. The molecule has 140 valence electrons. The summed E-state index contributed by atoms with van der Waals surface area (Å²) < 4.78 is 5.50. The molecule has 0 heterocycles. The molecule has 2 aromatic rings. The van der Waals surface area contributed by atoms with Gasteiger partial charge in [0.15, 0.2) is 0 Å². The number of hydrogen-bond donors (Lipinski definition) is 0. The van der Waals surface area contributed by atoms with Crippen LogP contribution in [0.5, 0.6) is 5.75 Å². The maximum atomic E-state index is 11.5. The van der Waals surface area contributed by atoms with Gasteiger partial charge in [-0.15, -0.1) is 0 Å². The molecule has 3 heteroatoms. The molecule has 0 aliphatic heterocycles. The van der Waals surface area contributed by atoms with Crippen molar-refractivity contribution in [2.24, 2.45) is 0 Å². The summed E-state index contributed by atoms with van der Waals surface area (Å²) >= 11 is 0. The first kappa shape index (κ1) is 20.2. The second-order valence-corrected chi connectivity index (χ2v) is 7.31. The number of benzene rings is 2. The highest BCUT2D eigenvalue weighted by atomic mass is 16.5. The molecule has 0 aliphatic carbocycles. The molecule has 2 aromatic carbocycles. The van der Waals surface area contributed by atoms with Crippen molar-refractivity contribution in [2.45, 2.75) is 59.0 Å². The summed E-state index contributed by atoms with van der Waals surface area (Å²) in [6.07, 6.45) is 0.971. The Morgan fingerprint density at radius 3 is 2.08 bits per heavy atom. The Morgan fingerprint density at radius 1 is 0.923 bits per heavy atom. The van der Waals surface area contributed by atoms with E-state index >= 15 is 0 Å². The van der Waals surface area contributed by atoms with E-state index < -0.39 is 0 Å². The fraction of sp³-hybridized carbons (Fsp3) is 0.435. The summed E-state index contributed by atoms with van der Waals surface area (Å²) in [7, 11) is 0. The van der Waals surface area contributed by atoms with Crippen LogP contribution >= 0.6 is 0 Å². The zero-order valence-electron chi connectivity index (χ0n) is 16.6. The summed E-state index contributed by atoms with van der Waals surface area (Å²) in [4.78, 5) is 14.0. The lowest BCUT2D eigenvalue weighted by atomic mass is 9.87. The predicted octanol–water partition coefficient (Wildman–Crippen LogP) is 5.25. The van der Waals surface area contributed by atoms with Gasteiger partial charge < -0.3 is 4.74 Å². The molecule has 0 spiro atoms. The van der Waals surface area contributed by atoms with Gasteiger partial charge in [-0.25, -0.2) is 0 Å². The first-order valence-electron chi connectivity index (χ1n) is 9.48. The third-order valence-electron chi connectivity index (χ3n) is 4.75. The number of rotatable bonds is 8. The van der Waals surface area contributed by atoms with Gasteiger partial charge in [-0.1, -0.05) is 48.5 Å². The highest BCUT2D eigenvalue weighted by Crippen LogP contribution is 2.35. The molecule has 0 saturated carbocycles. The molecule has 1 unspecified atom stereocenters. The van der Waals surface area contributed by atoms with Crippen molar-refractivity contribution in [2.75, 3.05) is 6.54 Å². The van der Waals surface area contributed by atoms with Crippen molar-refractivity contribution in [3.8, 4) is 5.75 Å². The Labute approximate surface area is 158 Å². The third kappa shape index (κ3) is 5.43. The zero-order chi connectivity index (χ0) is 19.1. The molecular weight excluding hydrogens is 322 g/mol. The summed E-state index contributed by atoms with van der Waals surface area (Å²) in [5.41, 5.74) is 2.32. The van der Waals surface area contributed by atoms with Gasteiger partial charge in [-0.2, -0.15) is 0 Å². The molecular formula is C23H31NO2. The second kappa shape index (κ2) is 9.54. The van der Waals surface area contributed by atoms with Crippen LogP contribution in [0.25, 0.3) is 0 Å². The average molecular weight is 354 g/mol. The third-order valence-corrected chi connectivity index (χ3v) is 4.75. The molecule has 0 saturated heterocycles. The molecule has 0 radical (unpaired) electrons. The van der Waals surface area contributed by atoms with Crippen LogP contribution in [-0.2, 0) is 4.79 Å². The minimum absolute atomic E-state index is 0.187. The minimum atomic E-state index is -0.282. The predicted molar refractivity (Wildman–Crippen MR) is 108 cm³/mol. The number of nitrogens with zero attached hydrogens (tertiary/aromatic N) is 1. The topological polar surface area (TPSA) is 29.5 Å². The van der Waals surface area contributed by atoms with E-state index in [1.807, 2.05) is 24.3 Å². The van der Waals surface area contributed by atoms with Crippen LogP contribution < -0.4 is 4.74 Å². The van der Waals surface area contributed by atoms with Crippen molar-refractivity contribution in [3.63, 3.8) is 0 Å². The molecule has 3 nitrogen and oxygen atoms in total. The Balaban J connectivity index is 2.36. The lowest BCUT2D eigenvalue weighted by Crippen LogP contribution is -2.38. The standard InChI is InChI=1S/C23H31NO2/c1-17(2)24(18(3)4)16-15-21(20-11-7-6-8-12-20)22-13-9-10-14-23(22)26-19(5)25/h6-14,17-18,21H,15-16H2,1-5H3. The molecule has 1 atom stereocenters. The number of para-hydroxylation sites is 1. The Kier molecular flexibility index (Phi) is 7.40. The Morgan fingerprint density at radius 2 is 1.50 bits per heavy atom. The smallest absolute Gasteiger partial charge is 0.308 e. The lowest BCUT2D eigenvalue weighted by molar-refractivity contribution is -0.131. The van der Waals surface area contributed by atoms with Crippen LogP contribution in [0, 0.1) is 0 Å². The van der Waals surface area contributed by atoms with Gasteiger partial charge >= 0.3 is 5.97 Å². The highest BCUT2D eigenvalue weighted by Gasteiger charge is 2.22. The normalized spacial score (nSPS) is 12.6. The molecule has 0 bridgehead atoms. The van der Waals surface area contributed by atoms with Gasteiger partial charge in [0.25, 0.3) is 0 Å². The van der Waals surface area contributed by atoms with E-state index in [4.69, 9.17) is 4.74 Å². The van der Waals surface area contributed by atoms with Crippen LogP contribution in [0.15, 0.2) is 54.6 Å². The Hall–Kier alpha value is -2.13. The molecule has 0 amide bonds. The SMILES string of the molecule is CC(=O)Oc1ccccc1C(CCN(C(C)C)C(C)C)c1ccccc1. The maximum absolute atomic E-state index is 11.5. The molecule has 0 aromatic heterocycles. The minimum Gasteiger partial charge on any atom is -0.426 e. The van der Waals surface area contributed by atoms with Crippen LogP contribution in [0.2, 0.25) is 0 Å². The second-order valence-electron chi connectivity index (χ2n) is 7.31. The summed E-state index contributed by atoms with van der Waals surface area (Å²) in [6.45, 7) is 11.4. The number of hydrogen-bond acceptors (Lipinski definition) is 3. The first-order valence-corrected chi connectivity index (χ1v) is 9.48. The molecule has 0 N–H and O–H groups in total. The zero-order valence-corrected chi connectivity index (χ0v) is 16.6. The van der Waals surface area contributed by atoms with Crippen LogP contribution in [0.4, 0.5) is 0 Å². The number of ether oxygens (including phenoxy) is 1. The van der Waals surface area contributed by atoms with Crippen molar-refractivity contribution in [3.05, 3.63) is 65.7 Å². The van der Waals surface area contributed by atoms with Crippen LogP contribution in [-0.4, -0.2) is 29.5 Å².